The van der Waals surface area contributed by atoms with E-state index in [-0.39, 0.29) is 6.42 Å². The lowest BCUT2D eigenvalue weighted by Crippen LogP contribution is -2.00. The molecule has 0 amide bonds. The summed E-state index contributed by atoms with van der Waals surface area (Å²) in [7, 11) is 0. The maximum Gasteiger partial charge on any atom is 0.307 e. The standard InChI is InChI=1S/C12H10N2O2/c15-12(16)6-9-3-4-11(14-7-9)10-2-1-5-13-8-10/h1-5,7-8H,6H2,(H,15,16). The highest BCUT2D eigenvalue weighted by Gasteiger charge is 2.02. The Kier molecular flexibility index (Phi) is 2.91. The van der Waals surface area contributed by atoms with Crippen molar-refractivity contribution in [1.29, 1.82) is 0 Å². The minimum Gasteiger partial charge on any atom is -0.481 e. The van der Waals surface area contributed by atoms with Crippen molar-refractivity contribution < 1.29 is 9.90 Å². The minimum atomic E-state index is -0.851. The smallest absolute Gasteiger partial charge is 0.307 e. The molecule has 0 aromatic carbocycles. The Labute approximate surface area is 92.6 Å². The summed E-state index contributed by atoms with van der Waals surface area (Å²) in [5, 5.41) is 8.62. The Hall–Kier alpha value is -2.23. The van der Waals surface area contributed by atoms with Crippen molar-refractivity contribution in [3.05, 3.63) is 48.4 Å². The second kappa shape index (κ2) is 4.53. The molecule has 0 radical (unpaired) electrons. The molecule has 0 saturated heterocycles. The lowest BCUT2D eigenvalue weighted by atomic mass is 10.1. The fourth-order valence-electron chi connectivity index (χ4n) is 1.39. The van der Waals surface area contributed by atoms with E-state index in [0.29, 0.717) is 5.56 Å². The van der Waals surface area contributed by atoms with E-state index in [9.17, 15) is 4.79 Å². The molecule has 0 saturated carbocycles. The van der Waals surface area contributed by atoms with Crippen LogP contribution in [0.4, 0.5) is 0 Å². The Morgan fingerprint density at radius 1 is 1.25 bits per heavy atom. The van der Waals surface area contributed by atoms with Crippen LogP contribution in [0.1, 0.15) is 5.56 Å². The first-order chi connectivity index (χ1) is 7.75. The maximum absolute atomic E-state index is 10.5. The molecule has 0 aliphatic rings. The highest BCUT2D eigenvalue weighted by molar-refractivity contribution is 5.70. The van der Waals surface area contributed by atoms with Gasteiger partial charge in [0.1, 0.15) is 0 Å². The molecule has 0 unspecified atom stereocenters. The van der Waals surface area contributed by atoms with Crippen molar-refractivity contribution in [2.75, 3.05) is 0 Å². The van der Waals surface area contributed by atoms with Crippen LogP contribution in [0.15, 0.2) is 42.9 Å². The third-order valence-electron chi connectivity index (χ3n) is 2.14. The van der Waals surface area contributed by atoms with Gasteiger partial charge in [-0.1, -0.05) is 6.07 Å². The molecular weight excluding hydrogens is 204 g/mol. The van der Waals surface area contributed by atoms with Crippen LogP contribution < -0.4 is 0 Å². The SMILES string of the molecule is O=C(O)Cc1ccc(-c2cccnc2)nc1. The number of carbonyl (C=O) groups is 1. The zero-order valence-corrected chi connectivity index (χ0v) is 8.50. The number of hydrogen-bond donors (Lipinski definition) is 1. The fourth-order valence-corrected chi connectivity index (χ4v) is 1.39. The monoisotopic (exact) mass is 214 g/mol. The number of aliphatic carboxylic acids is 1. The molecule has 16 heavy (non-hydrogen) atoms. The molecular formula is C12H10N2O2. The van der Waals surface area contributed by atoms with Gasteiger partial charge in [0.25, 0.3) is 0 Å². The van der Waals surface area contributed by atoms with Crippen molar-refractivity contribution in [1.82, 2.24) is 9.97 Å². The highest BCUT2D eigenvalue weighted by atomic mass is 16.4. The fraction of sp³-hybridized carbons (Fsp3) is 0.0833. The topological polar surface area (TPSA) is 63.1 Å². The average Bonchev–Trinajstić information content (AvgIpc) is 2.30. The van der Waals surface area contributed by atoms with Gasteiger partial charge >= 0.3 is 5.97 Å². The molecule has 2 rings (SSSR count). The van der Waals surface area contributed by atoms with Crippen LogP contribution in [-0.4, -0.2) is 21.0 Å². The van der Waals surface area contributed by atoms with Crippen molar-refractivity contribution >= 4 is 5.97 Å². The number of carboxylic acids is 1. The van der Waals surface area contributed by atoms with E-state index in [1.54, 1.807) is 30.7 Å². The number of hydrogen-bond acceptors (Lipinski definition) is 3. The summed E-state index contributed by atoms with van der Waals surface area (Å²) in [6.45, 7) is 0. The van der Waals surface area contributed by atoms with Gasteiger partial charge < -0.3 is 5.11 Å². The first-order valence-electron chi connectivity index (χ1n) is 4.83. The van der Waals surface area contributed by atoms with E-state index in [0.717, 1.165) is 11.3 Å². The van der Waals surface area contributed by atoms with Crippen LogP contribution in [0, 0.1) is 0 Å². The quantitative estimate of drug-likeness (QED) is 0.845. The summed E-state index contributed by atoms with van der Waals surface area (Å²) in [5.74, 6) is -0.851. The van der Waals surface area contributed by atoms with Crippen molar-refractivity contribution in [3.63, 3.8) is 0 Å². The molecule has 0 aliphatic heterocycles. The molecule has 80 valence electrons. The molecule has 4 nitrogen and oxygen atoms in total. The van der Waals surface area contributed by atoms with Gasteiger partial charge in [-0.15, -0.1) is 0 Å². The Balaban J connectivity index is 2.23. The van der Waals surface area contributed by atoms with Crippen molar-refractivity contribution in [2.45, 2.75) is 6.42 Å². The van der Waals surface area contributed by atoms with E-state index in [1.165, 1.54) is 0 Å². The Morgan fingerprint density at radius 3 is 2.69 bits per heavy atom. The van der Waals surface area contributed by atoms with Gasteiger partial charge in [0.2, 0.25) is 0 Å². The van der Waals surface area contributed by atoms with Gasteiger partial charge in [-0.05, 0) is 23.8 Å². The van der Waals surface area contributed by atoms with Crippen LogP contribution in [-0.2, 0) is 11.2 Å². The third-order valence-corrected chi connectivity index (χ3v) is 2.14. The minimum absolute atomic E-state index is 0.000317. The summed E-state index contributed by atoms with van der Waals surface area (Å²) < 4.78 is 0. The number of nitrogens with zero attached hydrogens (tertiary/aromatic N) is 2. The van der Waals surface area contributed by atoms with Gasteiger partial charge in [0.15, 0.2) is 0 Å². The molecule has 0 aliphatic carbocycles. The normalized spacial score (nSPS) is 10.0. The molecule has 2 heterocycles. The van der Waals surface area contributed by atoms with Gasteiger partial charge in [-0.2, -0.15) is 0 Å². The van der Waals surface area contributed by atoms with E-state index in [2.05, 4.69) is 9.97 Å². The first-order valence-corrected chi connectivity index (χ1v) is 4.83. The molecule has 4 heteroatoms. The van der Waals surface area contributed by atoms with Crippen molar-refractivity contribution in [2.24, 2.45) is 0 Å². The lowest BCUT2D eigenvalue weighted by molar-refractivity contribution is -0.136. The molecule has 0 atom stereocenters. The predicted molar refractivity (Wildman–Crippen MR) is 58.8 cm³/mol. The number of pyridine rings is 2. The van der Waals surface area contributed by atoms with Gasteiger partial charge in [0.05, 0.1) is 12.1 Å². The second-order valence-corrected chi connectivity index (χ2v) is 3.36. The second-order valence-electron chi connectivity index (χ2n) is 3.36. The summed E-state index contributed by atoms with van der Waals surface area (Å²) >= 11 is 0. The zero-order chi connectivity index (χ0) is 11.4. The van der Waals surface area contributed by atoms with E-state index in [4.69, 9.17) is 5.11 Å². The Bertz CT molecular complexity index is 480. The summed E-state index contributed by atoms with van der Waals surface area (Å²) in [5.41, 5.74) is 2.41. The number of rotatable bonds is 3. The van der Waals surface area contributed by atoms with Gasteiger partial charge in [0, 0.05) is 24.2 Å². The van der Waals surface area contributed by atoms with Gasteiger partial charge in [-0.3, -0.25) is 14.8 Å². The van der Waals surface area contributed by atoms with Crippen LogP contribution in [0.5, 0.6) is 0 Å². The lowest BCUT2D eigenvalue weighted by Gasteiger charge is -2.01. The van der Waals surface area contributed by atoms with Crippen LogP contribution >= 0.6 is 0 Å². The third kappa shape index (κ3) is 2.42. The molecule has 2 aromatic heterocycles. The highest BCUT2D eigenvalue weighted by Crippen LogP contribution is 2.15. The Morgan fingerprint density at radius 2 is 2.12 bits per heavy atom. The summed E-state index contributed by atoms with van der Waals surface area (Å²) in [6.07, 6.45) is 5.00. The molecule has 0 fully saturated rings. The van der Waals surface area contributed by atoms with Crippen LogP contribution in [0.2, 0.25) is 0 Å². The van der Waals surface area contributed by atoms with Gasteiger partial charge in [-0.25, -0.2) is 0 Å². The van der Waals surface area contributed by atoms with Crippen molar-refractivity contribution in [3.8, 4) is 11.3 Å². The van der Waals surface area contributed by atoms with Crippen LogP contribution in [0.3, 0.4) is 0 Å². The average molecular weight is 214 g/mol. The molecule has 2 aromatic rings. The predicted octanol–water partition coefficient (Wildman–Crippen LogP) is 1.77. The summed E-state index contributed by atoms with van der Waals surface area (Å²) in [6, 6.07) is 7.31. The van der Waals surface area contributed by atoms with E-state index >= 15 is 0 Å². The largest absolute Gasteiger partial charge is 0.481 e. The van der Waals surface area contributed by atoms with Crippen LogP contribution in [0.25, 0.3) is 11.3 Å². The zero-order valence-electron chi connectivity index (χ0n) is 8.50. The first kappa shape index (κ1) is 10.3. The molecule has 0 bridgehead atoms. The number of carboxylic acid groups (broad SMARTS) is 1. The molecule has 0 spiro atoms. The molecule has 1 N–H and O–H groups in total. The van der Waals surface area contributed by atoms with E-state index < -0.39 is 5.97 Å². The van der Waals surface area contributed by atoms with E-state index in [1.807, 2.05) is 12.1 Å². The number of aromatic nitrogens is 2. The summed E-state index contributed by atoms with van der Waals surface area (Å²) in [4.78, 5) is 18.7. The maximum atomic E-state index is 10.5.